The van der Waals surface area contributed by atoms with Crippen LogP contribution >= 0.6 is 11.6 Å². The molecular formula is C22H23ClN2O2. The molecular weight excluding hydrogens is 360 g/mol. The zero-order valence-electron chi connectivity index (χ0n) is 16.2. The van der Waals surface area contributed by atoms with Crippen molar-refractivity contribution in [1.29, 1.82) is 5.26 Å². The van der Waals surface area contributed by atoms with Gasteiger partial charge in [-0.25, -0.2) is 0 Å². The lowest BCUT2D eigenvalue weighted by Gasteiger charge is -2.15. The van der Waals surface area contributed by atoms with Crippen LogP contribution in [0.5, 0.6) is 5.75 Å². The average molecular weight is 383 g/mol. The number of carbonyl (C=O) groups is 1. The number of nitriles is 1. The van der Waals surface area contributed by atoms with Gasteiger partial charge in [0.1, 0.15) is 17.4 Å². The number of aryl methyl sites for hydroxylation is 2. The summed E-state index contributed by atoms with van der Waals surface area (Å²) in [5, 5.41) is 12.9. The second-order valence-electron chi connectivity index (χ2n) is 6.69. The lowest BCUT2D eigenvalue weighted by atomic mass is 9.95. The fraction of sp³-hybridized carbons (Fsp3) is 0.273. The summed E-state index contributed by atoms with van der Waals surface area (Å²) in [6.45, 7) is 7.91. The number of carbonyl (C=O) groups excluding carboxylic acids is 1. The first kappa shape index (κ1) is 20.5. The van der Waals surface area contributed by atoms with Crippen LogP contribution < -0.4 is 10.1 Å². The number of benzene rings is 2. The third-order valence-corrected chi connectivity index (χ3v) is 4.58. The molecule has 2 aromatic rings. The molecule has 2 rings (SSSR count). The first-order valence-corrected chi connectivity index (χ1v) is 9.02. The van der Waals surface area contributed by atoms with Gasteiger partial charge >= 0.3 is 0 Å². The van der Waals surface area contributed by atoms with Crippen LogP contribution in [-0.2, 0) is 4.79 Å². The second kappa shape index (κ2) is 8.75. The summed E-state index contributed by atoms with van der Waals surface area (Å²) in [4.78, 5) is 12.6. The monoisotopic (exact) mass is 382 g/mol. The Kier molecular flexibility index (Phi) is 6.65. The largest absolute Gasteiger partial charge is 0.496 e. The van der Waals surface area contributed by atoms with Gasteiger partial charge < -0.3 is 10.1 Å². The predicted octanol–water partition coefficient (Wildman–Crippen LogP) is 5.63. The molecule has 0 aliphatic carbocycles. The molecule has 0 radical (unpaired) electrons. The third-order valence-electron chi connectivity index (χ3n) is 4.34. The summed E-state index contributed by atoms with van der Waals surface area (Å²) < 4.78 is 5.45. The molecule has 2 aromatic carbocycles. The summed E-state index contributed by atoms with van der Waals surface area (Å²) in [5.41, 5.74) is 4.27. The molecule has 0 bridgehead atoms. The fourth-order valence-electron chi connectivity index (χ4n) is 2.76. The standard InChI is InChI=1S/C22H23ClN2O2/c1-13(2)19-11-16(14(3)9-21(19)27-5)10-17(12-24)22(26)25-20-7-6-18(23)8-15(20)4/h6-11,13H,1-5H3,(H,25,26)/b17-10+. The van der Waals surface area contributed by atoms with E-state index in [4.69, 9.17) is 16.3 Å². The van der Waals surface area contributed by atoms with Gasteiger partial charge in [0.25, 0.3) is 5.91 Å². The van der Waals surface area contributed by atoms with Gasteiger partial charge in [0, 0.05) is 10.7 Å². The molecule has 0 saturated heterocycles. The van der Waals surface area contributed by atoms with Crippen LogP contribution in [0.1, 0.15) is 42.0 Å². The maximum absolute atomic E-state index is 12.6. The quantitative estimate of drug-likeness (QED) is 0.538. The molecule has 0 unspecified atom stereocenters. The van der Waals surface area contributed by atoms with Crippen molar-refractivity contribution in [2.75, 3.05) is 12.4 Å². The number of methoxy groups -OCH3 is 1. The number of halogens is 1. The average Bonchev–Trinajstić information content (AvgIpc) is 2.62. The number of rotatable bonds is 5. The normalized spacial score (nSPS) is 11.3. The predicted molar refractivity (Wildman–Crippen MR) is 110 cm³/mol. The Hall–Kier alpha value is -2.77. The zero-order valence-corrected chi connectivity index (χ0v) is 16.9. The molecule has 27 heavy (non-hydrogen) atoms. The first-order valence-electron chi connectivity index (χ1n) is 8.64. The molecule has 1 N–H and O–H groups in total. The molecule has 0 aliphatic rings. The number of nitrogens with one attached hydrogen (secondary N) is 1. The number of amides is 1. The highest BCUT2D eigenvalue weighted by atomic mass is 35.5. The van der Waals surface area contributed by atoms with Crippen molar-refractivity contribution in [3.8, 4) is 11.8 Å². The van der Waals surface area contributed by atoms with Crippen molar-refractivity contribution in [1.82, 2.24) is 0 Å². The first-order chi connectivity index (χ1) is 12.8. The number of hydrogen-bond acceptors (Lipinski definition) is 3. The van der Waals surface area contributed by atoms with Crippen molar-refractivity contribution in [3.05, 3.63) is 63.2 Å². The minimum atomic E-state index is -0.454. The molecule has 1 amide bonds. The van der Waals surface area contributed by atoms with Gasteiger partial charge in [0.15, 0.2) is 0 Å². The van der Waals surface area contributed by atoms with Gasteiger partial charge in [0.05, 0.1) is 7.11 Å². The Balaban J connectivity index is 2.39. The van der Waals surface area contributed by atoms with Crippen LogP contribution in [0.25, 0.3) is 6.08 Å². The highest BCUT2D eigenvalue weighted by Gasteiger charge is 2.14. The summed E-state index contributed by atoms with van der Waals surface area (Å²) >= 11 is 5.95. The molecule has 0 spiro atoms. The molecule has 0 aromatic heterocycles. The Morgan fingerprint density at radius 3 is 2.48 bits per heavy atom. The van der Waals surface area contributed by atoms with Gasteiger partial charge in [-0.2, -0.15) is 5.26 Å². The maximum Gasteiger partial charge on any atom is 0.266 e. The van der Waals surface area contributed by atoms with E-state index in [2.05, 4.69) is 19.2 Å². The molecule has 4 nitrogen and oxygen atoms in total. The van der Waals surface area contributed by atoms with Crippen molar-refractivity contribution in [3.63, 3.8) is 0 Å². The van der Waals surface area contributed by atoms with Gasteiger partial charge in [-0.15, -0.1) is 0 Å². The fourth-order valence-corrected chi connectivity index (χ4v) is 2.99. The van der Waals surface area contributed by atoms with Crippen molar-refractivity contribution in [2.24, 2.45) is 0 Å². The van der Waals surface area contributed by atoms with Crippen LogP contribution in [0.4, 0.5) is 5.69 Å². The molecule has 0 atom stereocenters. The molecule has 0 saturated carbocycles. The minimum Gasteiger partial charge on any atom is -0.496 e. The van der Waals surface area contributed by atoms with Crippen LogP contribution in [-0.4, -0.2) is 13.0 Å². The lowest BCUT2D eigenvalue weighted by molar-refractivity contribution is -0.112. The smallest absolute Gasteiger partial charge is 0.266 e. The maximum atomic E-state index is 12.6. The van der Waals surface area contributed by atoms with Crippen LogP contribution in [0, 0.1) is 25.2 Å². The zero-order chi connectivity index (χ0) is 20.1. The molecule has 0 aliphatic heterocycles. The number of hydrogen-bond donors (Lipinski definition) is 1. The summed E-state index contributed by atoms with van der Waals surface area (Å²) in [6, 6.07) is 11.1. The topological polar surface area (TPSA) is 62.1 Å². The third kappa shape index (κ3) is 4.90. The van der Waals surface area contributed by atoms with Crippen LogP contribution in [0.2, 0.25) is 5.02 Å². The van der Waals surface area contributed by atoms with Crippen molar-refractivity contribution < 1.29 is 9.53 Å². The van der Waals surface area contributed by atoms with E-state index in [1.165, 1.54) is 0 Å². The Labute approximate surface area is 165 Å². The van der Waals surface area contributed by atoms with E-state index in [1.807, 2.05) is 32.0 Å². The second-order valence-corrected chi connectivity index (χ2v) is 7.13. The molecule has 5 heteroatoms. The number of anilines is 1. The summed E-state index contributed by atoms with van der Waals surface area (Å²) in [6.07, 6.45) is 1.61. The molecule has 140 valence electrons. The van der Waals surface area contributed by atoms with Gasteiger partial charge in [0.2, 0.25) is 0 Å². The minimum absolute atomic E-state index is 0.0346. The summed E-state index contributed by atoms with van der Waals surface area (Å²) in [5.74, 6) is 0.604. The Morgan fingerprint density at radius 1 is 1.22 bits per heavy atom. The Morgan fingerprint density at radius 2 is 1.93 bits per heavy atom. The van der Waals surface area contributed by atoms with E-state index in [1.54, 1.807) is 31.4 Å². The van der Waals surface area contributed by atoms with E-state index in [0.29, 0.717) is 10.7 Å². The van der Waals surface area contributed by atoms with Gasteiger partial charge in [-0.1, -0.05) is 25.4 Å². The Bertz CT molecular complexity index is 940. The van der Waals surface area contributed by atoms with Crippen LogP contribution in [0.3, 0.4) is 0 Å². The summed E-state index contributed by atoms with van der Waals surface area (Å²) in [7, 11) is 1.64. The van der Waals surface area contributed by atoms with E-state index in [-0.39, 0.29) is 11.5 Å². The SMILES string of the molecule is COc1cc(C)c(/C=C(\C#N)C(=O)Nc2ccc(Cl)cc2C)cc1C(C)C. The van der Waals surface area contributed by atoms with E-state index >= 15 is 0 Å². The number of ether oxygens (including phenoxy) is 1. The lowest BCUT2D eigenvalue weighted by Crippen LogP contribution is -2.14. The van der Waals surface area contributed by atoms with Gasteiger partial charge in [-0.3, -0.25) is 4.79 Å². The van der Waals surface area contributed by atoms with Crippen LogP contribution in [0.15, 0.2) is 35.9 Å². The van der Waals surface area contributed by atoms with Crippen molar-refractivity contribution in [2.45, 2.75) is 33.6 Å². The number of nitrogens with zero attached hydrogens (tertiary/aromatic N) is 1. The molecule has 0 heterocycles. The van der Waals surface area contributed by atoms with E-state index in [0.717, 1.165) is 28.0 Å². The van der Waals surface area contributed by atoms with Gasteiger partial charge in [-0.05, 0) is 78.4 Å². The van der Waals surface area contributed by atoms with Crippen molar-refractivity contribution >= 4 is 29.3 Å². The highest BCUT2D eigenvalue weighted by molar-refractivity contribution is 6.30. The van der Waals surface area contributed by atoms with E-state index in [9.17, 15) is 10.1 Å². The molecule has 0 fully saturated rings. The van der Waals surface area contributed by atoms with E-state index < -0.39 is 5.91 Å². The highest BCUT2D eigenvalue weighted by Crippen LogP contribution is 2.30.